The summed E-state index contributed by atoms with van der Waals surface area (Å²) in [5.41, 5.74) is 0.318. The van der Waals surface area contributed by atoms with Crippen LogP contribution in [0.15, 0.2) is 29.7 Å². The topological polar surface area (TPSA) is 100 Å². The Morgan fingerprint density at radius 2 is 1.57 bits per heavy atom. The first-order valence-electron chi connectivity index (χ1n) is 12.0. The number of benzene rings is 1. The molecule has 9 heteroatoms. The number of nitrogens with one attached hydrogen (secondary N) is 1. The van der Waals surface area contributed by atoms with Crippen LogP contribution in [0.2, 0.25) is 0 Å². The number of alkyl carbamates (subject to hydrolysis) is 1. The molecule has 0 bridgehead atoms. The van der Waals surface area contributed by atoms with Gasteiger partial charge in [-0.1, -0.05) is 30.3 Å². The zero-order valence-electron chi connectivity index (χ0n) is 22.2. The van der Waals surface area contributed by atoms with E-state index in [1.54, 1.807) is 52.0 Å². The van der Waals surface area contributed by atoms with Crippen LogP contribution in [-0.4, -0.2) is 54.9 Å². The van der Waals surface area contributed by atoms with Crippen LogP contribution in [0.3, 0.4) is 0 Å². The molecule has 1 aliphatic heterocycles. The second kappa shape index (κ2) is 11.4. The van der Waals surface area contributed by atoms with Crippen LogP contribution < -0.4 is 5.32 Å². The van der Waals surface area contributed by atoms with Crippen molar-refractivity contribution in [2.24, 2.45) is 0 Å². The van der Waals surface area contributed by atoms with Crippen molar-refractivity contribution in [2.75, 3.05) is 13.2 Å². The minimum absolute atomic E-state index is 0.0523. The first kappa shape index (κ1) is 28.6. The predicted molar refractivity (Wildman–Crippen MR) is 135 cm³/mol. The second-order valence-electron chi connectivity index (χ2n) is 10.5. The number of esters is 1. The Kier molecular flexibility index (Phi) is 9.31. The van der Waals surface area contributed by atoms with Gasteiger partial charge in [-0.2, -0.15) is 0 Å². The molecular weight excluding hydrogens is 449 g/mol. The molecule has 1 saturated heterocycles. The van der Waals surface area contributed by atoms with Gasteiger partial charge in [0.25, 0.3) is 0 Å². The highest BCUT2D eigenvalue weighted by Gasteiger charge is 2.52. The molecule has 0 saturated carbocycles. The number of carbonyl (C=O) groups is 3. The molecule has 0 atom stereocenters. The fourth-order valence-corrected chi connectivity index (χ4v) is 3.26. The summed E-state index contributed by atoms with van der Waals surface area (Å²) in [7, 11) is -0.666. The summed E-state index contributed by atoms with van der Waals surface area (Å²) in [4.78, 5) is 36.2. The number of ether oxygens (including phenoxy) is 2. The molecule has 1 heterocycles. The van der Waals surface area contributed by atoms with Crippen molar-refractivity contribution in [3.05, 3.63) is 40.9 Å². The summed E-state index contributed by atoms with van der Waals surface area (Å²) in [6, 6.07) is 7.03. The lowest BCUT2D eigenvalue weighted by molar-refractivity contribution is -0.143. The lowest BCUT2D eigenvalue weighted by atomic mass is 9.77. The van der Waals surface area contributed by atoms with Gasteiger partial charge in [-0.15, -0.1) is 0 Å². The standard InChI is InChI=1S/C26H38BNO7/c1-9-32-22(30)15-14-21(29)19-12-10-18(11-13-19)16-20(17-28-23(31)33-24(2,3)4)27-34-25(5,6)26(7,8)35-27/h10-13,16H,9,14-15,17H2,1-8H3,(H,28,31). The summed E-state index contributed by atoms with van der Waals surface area (Å²) in [6.07, 6.45) is 1.47. The fraction of sp³-hybridized carbons (Fsp3) is 0.577. The summed E-state index contributed by atoms with van der Waals surface area (Å²) < 4.78 is 22.6. The van der Waals surface area contributed by atoms with Gasteiger partial charge in [0.2, 0.25) is 0 Å². The van der Waals surface area contributed by atoms with Gasteiger partial charge in [0.15, 0.2) is 5.78 Å². The Hall–Kier alpha value is -2.65. The van der Waals surface area contributed by atoms with E-state index in [2.05, 4.69) is 5.32 Å². The van der Waals surface area contributed by atoms with Crippen molar-refractivity contribution in [1.29, 1.82) is 0 Å². The number of ketones is 1. The van der Waals surface area contributed by atoms with Gasteiger partial charge in [-0.3, -0.25) is 9.59 Å². The minimum Gasteiger partial charge on any atom is -0.466 e. The maximum Gasteiger partial charge on any atom is 0.492 e. The number of hydrogen-bond donors (Lipinski definition) is 1. The highest BCUT2D eigenvalue weighted by atomic mass is 16.7. The minimum atomic E-state index is -0.666. The molecule has 1 amide bonds. The summed E-state index contributed by atoms with van der Waals surface area (Å²) in [5, 5.41) is 2.77. The number of carbonyl (C=O) groups excluding carboxylic acids is 3. The second-order valence-corrected chi connectivity index (χ2v) is 10.5. The molecule has 1 aromatic carbocycles. The molecule has 192 valence electrons. The van der Waals surface area contributed by atoms with E-state index in [0.717, 1.165) is 5.56 Å². The van der Waals surface area contributed by atoms with E-state index in [4.69, 9.17) is 18.8 Å². The Labute approximate surface area is 208 Å². The predicted octanol–water partition coefficient (Wildman–Crippen LogP) is 4.75. The van der Waals surface area contributed by atoms with E-state index in [9.17, 15) is 14.4 Å². The van der Waals surface area contributed by atoms with Crippen molar-refractivity contribution in [1.82, 2.24) is 5.32 Å². The largest absolute Gasteiger partial charge is 0.492 e. The van der Waals surface area contributed by atoms with E-state index < -0.39 is 30.0 Å². The van der Waals surface area contributed by atoms with Crippen molar-refractivity contribution in [3.63, 3.8) is 0 Å². The molecule has 2 rings (SSSR count). The number of amides is 1. The molecule has 8 nitrogen and oxygen atoms in total. The zero-order valence-corrected chi connectivity index (χ0v) is 22.2. The van der Waals surface area contributed by atoms with Gasteiger partial charge < -0.3 is 24.1 Å². The lowest BCUT2D eigenvalue weighted by Crippen LogP contribution is -2.41. The number of hydrogen-bond acceptors (Lipinski definition) is 7. The van der Waals surface area contributed by atoms with Gasteiger partial charge in [-0.25, -0.2) is 4.79 Å². The van der Waals surface area contributed by atoms with E-state index in [-0.39, 0.29) is 31.1 Å². The third-order valence-corrected chi connectivity index (χ3v) is 5.84. The molecular formula is C26H38BNO7. The van der Waals surface area contributed by atoms with E-state index in [1.807, 2.05) is 33.8 Å². The Bertz CT molecular complexity index is 929. The average Bonchev–Trinajstić information content (AvgIpc) is 2.95. The Balaban J connectivity index is 2.18. The Morgan fingerprint density at radius 3 is 2.09 bits per heavy atom. The summed E-state index contributed by atoms with van der Waals surface area (Å²) >= 11 is 0. The number of rotatable bonds is 9. The van der Waals surface area contributed by atoms with Gasteiger partial charge in [-0.05, 0) is 66.4 Å². The van der Waals surface area contributed by atoms with Crippen LogP contribution in [0, 0.1) is 0 Å². The van der Waals surface area contributed by atoms with E-state index in [1.165, 1.54) is 0 Å². The normalized spacial score (nSPS) is 17.1. The highest BCUT2D eigenvalue weighted by Crippen LogP contribution is 2.38. The SMILES string of the molecule is CCOC(=O)CCC(=O)c1ccc(C=C(CNC(=O)OC(C)(C)C)B2OC(C)(C)C(C)(C)O2)cc1. The van der Waals surface area contributed by atoms with Gasteiger partial charge in [0.05, 0.1) is 24.2 Å². The first-order chi connectivity index (χ1) is 16.1. The molecule has 0 radical (unpaired) electrons. The van der Waals surface area contributed by atoms with Crippen molar-refractivity contribution < 1.29 is 33.2 Å². The lowest BCUT2D eigenvalue weighted by Gasteiger charge is -2.32. The average molecular weight is 487 g/mol. The maximum absolute atomic E-state index is 12.4. The molecule has 1 aliphatic rings. The third kappa shape index (κ3) is 8.51. The molecule has 35 heavy (non-hydrogen) atoms. The number of Topliss-reactive ketones (excluding diaryl/α,β-unsaturated/α-hetero) is 1. The molecule has 0 spiro atoms. The van der Waals surface area contributed by atoms with Crippen LogP contribution in [0.4, 0.5) is 4.79 Å². The van der Waals surface area contributed by atoms with Crippen molar-refractivity contribution in [2.45, 2.75) is 85.0 Å². The monoisotopic (exact) mass is 487 g/mol. The van der Waals surface area contributed by atoms with Gasteiger partial charge >= 0.3 is 19.2 Å². The van der Waals surface area contributed by atoms with E-state index in [0.29, 0.717) is 17.6 Å². The Morgan fingerprint density at radius 1 is 1.00 bits per heavy atom. The van der Waals surface area contributed by atoms with Crippen LogP contribution in [-0.2, 0) is 23.6 Å². The van der Waals surface area contributed by atoms with Crippen molar-refractivity contribution in [3.8, 4) is 0 Å². The van der Waals surface area contributed by atoms with Gasteiger partial charge in [0.1, 0.15) is 5.60 Å². The first-order valence-corrected chi connectivity index (χ1v) is 12.0. The quantitative estimate of drug-likeness (QED) is 0.305. The molecule has 1 fully saturated rings. The summed E-state index contributed by atoms with van der Waals surface area (Å²) in [6.45, 7) is 15.4. The van der Waals surface area contributed by atoms with Gasteiger partial charge in [0, 0.05) is 18.5 Å². The highest BCUT2D eigenvalue weighted by molar-refractivity contribution is 6.56. The van der Waals surface area contributed by atoms with Crippen LogP contribution in [0.1, 0.15) is 84.2 Å². The van der Waals surface area contributed by atoms with Crippen LogP contribution in [0.25, 0.3) is 6.08 Å². The third-order valence-electron chi connectivity index (χ3n) is 5.84. The van der Waals surface area contributed by atoms with Crippen LogP contribution in [0.5, 0.6) is 0 Å². The molecule has 1 aromatic rings. The molecule has 0 aliphatic carbocycles. The van der Waals surface area contributed by atoms with Crippen LogP contribution >= 0.6 is 0 Å². The zero-order chi connectivity index (χ0) is 26.4. The maximum atomic E-state index is 12.4. The van der Waals surface area contributed by atoms with Crippen molar-refractivity contribution >= 4 is 31.0 Å². The van der Waals surface area contributed by atoms with E-state index >= 15 is 0 Å². The molecule has 0 unspecified atom stereocenters. The molecule has 1 N–H and O–H groups in total. The smallest absolute Gasteiger partial charge is 0.466 e. The molecule has 0 aromatic heterocycles. The fourth-order valence-electron chi connectivity index (χ4n) is 3.26. The summed E-state index contributed by atoms with van der Waals surface area (Å²) in [5.74, 6) is -0.517.